The van der Waals surface area contributed by atoms with Crippen LogP contribution in [0.1, 0.15) is 52.1 Å². The molecule has 3 N–H and O–H groups in total. The number of hydrogen-bond acceptors (Lipinski definition) is 4. The molecule has 158 valence electrons. The molecule has 1 atom stereocenters. The number of hydrogen-bond donors (Lipinski definition) is 3. The molecule has 0 aliphatic heterocycles. The summed E-state index contributed by atoms with van der Waals surface area (Å²) in [4.78, 5) is 16.3. The lowest BCUT2D eigenvalue weighted by molar-refractivity contribution is -0.119. The van der Waals surface area contributed by atoms with Crippen molar-refractivity contribution in [1.82, 2.24) is 16.0 Å². The maximum Gasteiger partial charge on any atom is 0.242 e. The Morgan fingerprint density at radius 1 is 1.18 bits per heavy atom. The molecule has 1 unspecified atom stereocenters. The Morgan fingerprint density at radius 3 is 2.46 bits per heavy atom. The van der Waals surface area contributed by atoms with Crippen LogP contribution in [0.3, 0.4) is 0 Å². The molecule has 0 radical (unpaired) electrons. The smallest absolute Gasteiger partial charge is 0.242 e. The predicted octanol–water partition coefficient (Wildman–Crippen LogP) is 3.00. The minimum absolute atomic E-state index is 0. The minimum Gasteiger partial charge on any atom is -0.490 e. The number of carbonyl (C=O) groups excluding carboxylic acids is 1. The summed E-state index contributed by atoms with van der Waals surface area (Å²) in [6, 6.07) is 6.26. The van der Waals surface area contributed by atoms with E-state index in [-0.39, 0.29) is 42.5 Å². The number of rotatable bonds is 10. The van der Waals surface area contributed by atoms with Gasteiger partial charge in [0.1, 0.15) is 6.54 Å². The van der Waals surface area contributed by atoms with Gasteiger partial charge in [-0.2, -0.15) is 0 Å². The van der Waals surface area contributed by atoms with Gasteiger partial charge >= 0.3 is 0 Å². The summed E-state index contributed by atoms with van der Waals surface area (Å²) in [5, 5.41) is 9.47. The van der Waals surface area contributed by atoms with Crippen molar-refractivity contribution in [3.8, 4) is 11.5 Å². The van der Waals surface area contributed by atoms with Crippen molar-refractivity contribution in [2.45, 2.75) is 52.6 Å². The van der Waals surface area contributed by atoms with E-state index in [4.69, 9.17) is 9.47 Å². The van der Waals surface area contributed by atoms with Gasteiger partial charge in [-0.15, -0.1) is 24.0 Å². The first-order valence-corrected chi connectivity index (χ1v) is 9.81. The van der Waals surface area contributed by atoms with Crippen molar-refractivity contribution in [3.63, 3.8) is 0 Å². The van der Waals surface area contributed by atoms with E-state index in [2.05, 4.69) is 20.9 Å². The fourth-order valence-corrected chi connectivity index (χ4v) is 2.60. The van der Waals surface area contributed by atoms with Crippen LogP contribution in [0, 0.1) is 0 Å². The number of nitrogens with zero attached hydrogens (tertiary/aromatic N) is 1. The van der Waals surface area contributed by atoms with E-state index in [1.807, 2.05) is 45.9 Å². The summed E-state index contributed by atoms with van der Waals surface area (Å²) >= 11 is 0. The Morgan fingerprint density at radius 2 is 1.86 bits per heavy atom. The highest BCUT2D eigenvalue weighted by Gasteiger charge is 2.23. The van der Waals surface area contributed by atoms with E-state index < -0.39 is 0 Å². The average Bonchev–Trinajstić information content (AvgIpc) is 3.45. The van der Waals surface area contributed by atoms with E-state index in [0.717, 1.165) is 36.4 Å². The standard InChI is InChI=1S/C20H32N4O3.HI/c1-5-21-20(22-13-19(25)24-16-9-10-16)23-14(4)15-8-11-17(26-6-2)18(12-15)27-7-3;/h8,11-12,14,16H,5-7,9-10,13H2,1-4H3,(H,24,25)(H2,21,22,23);1H. The summed E-state index contributed by atoms with van der Waals surface area (Å²) in [6.45, 7) is 9.94. The third kappa shape index (κ3) is 8.12. The molecule has 0 saturated heterocycles. The van der Waals surface area contributed by atoms with Crippen molar-refractivity contribution >= 4 is 35.8 Å². The van der Waals surface area contributed by atoms with E-state index in [1.54, 1.807) is 0 Å². The summed E-state index contributed by atoms with van der Waals surface area (Å²) in [7, 11) is 0. The molecule has 1 aliphatic carbocycles. The van der Waals surface area contributed by atoms with Crippen molar-refractivity contribution in [3.05, 3.63) is 23.8 Å². The van der Waals surface area contributed by atoms with Crippen molar-refractivity contribution in [2.75, 3.05) is 26.3 Å². The Labute approximate surface area is 185 Å². The van der Waals surface area contributed by atoms with Gasteiger partial charge in [-0.3, -0.25) is 4.79 Å². The van der Waals surface area contributed by atoms with Crippen LogP contribution in [0.4, 0.5) is 0 Å². The largest absolute Gasteiger partial charge is 0.490 e. The summed E-state index contributed by atoms with van der Waals surface area (Å²) in [6.07, 6.45) is 2.15. The molecule has 2 rings (SSSR count). The molecule has 0 spiro atoms. The summed E-state index contributed by atoms with van der Waals surface area (Å²) in [5.74, 6) is 2.05. The van der Waals surface area contributed by atoms with E-state index in [0.29, 0.717) is 25.2 Å². The second-order valence-corrected chi connectivity index (χ2v) is 6.48. The van der Waals surface area contributed by atoms with E-state index in [1.165, 1.54) is 0 Å². The molecule has 1 saturated carbocycles. The van der Waals surface area contributed by atoms with Crippen LogP contribution < -0.4 is 25.4 Å². The van der Waals surface area contributed by atoms with Gasteiger partial charge in [0.25, 0.3) is 0 Å². The lowest BCUT2D eigenvalue weighted by Crippen LogP contribution is -2.40. The molecule has 1 aromatic carbocycles. The van der Waals surface area contributed by atoms with Crippen LogP contribution in [0.2, 0.25) is 0 Å². The normalized spacial score (nSPS) is 14.5. The maximum atomic E-state index is 11.9. The number of benzene rings is 1. The minimum atomic E-state index is -0.0398. The predicted molar refractivity (Wildman–Crippen MR) is 123 cm³/mol. The molecule has 1 fully saturated rings. The number of nitrogens with one attached hydrogen (secondary N) is 3. The van der Waals surface area contributed by atoms with Crippen LogP contribution >= 0.6 is 24.0 Å². The van der Waals surface area contributed by atoms with Crippen LogP contribution in [0.15, 0.2) is 23.2 Å². The number of ether oxygens (including phenoxy) is 2. The Balaban J connectivity index is 0.00000392. The highest BCUT2D eigenvalue weighted by atomic mass is 127. The van der Waals surface area contributed by atoms with E-state index in [9.17, 15) is 4.79 Å². The first-order valence-electron chi connectivity index (χ1n) is 9.81. The topological polar surface area (TPSA) is 84.0 Å². The van der Waals surface area contributed by atoms with Gasteiger partial charge in [0.15, 0.2) is 17.5 Å². The van der Waals surface area contributed by atoms with Crippen molar-refractivity contribution in [2.24, 2.45) is 4.99 Å². The molecule has 0 aromatic heterocycles. The number of halogens is 1. The molecular weight excluding hydrogens is 471 g/mol. The zero-order valence-electron chi connectivity index (χ0n) is 17.2. The van der Waals surface area contributed by atoms with Gasteiger partial charge in [-0.05, 0) is 58.2 Å². The van der Waals surface area contributed by atoms with Gasteiger partial charge in [0, 0.05) is 12.6 Å². The molecule has 1 amide bonds. The average molecular weight is 504 g/mol. The van der Waals surface area contributed by atoms with Gasteiger partial charge in [-0.1, -0.05) is 6.07 Å². The molecule has 1 aromatic rings. The highest BCUT2D eigenvalue weighted by molar-refractivity contribution is 14.0. The number of amides is 1. The Bertz CT molecular complexity index is 650. The first kappa shape index (κ1) is 24.3. The number of carbonyl (C=O) groups is 1. The zero-order chi connectivity index (χ0) is 19.6. The maximum absolute atomic E-state index is 11.9. The second-order valence-electron chi connectivity index (χ2n) is 6.48. The lowest BCUT2D eigenvalue weighted by atomic mass is 10.1. The first-order chi connectivity index (χ1) is 13.1. The fraction of sp³-hybridized carbons (Fsp3) is 0.600. The Hall–Kier alpha value is -1.71. The molecule has 8 heteroatoms. The summed E-state index contributed by atoms with van der Waals surface area (Å²) < 4.78 is 11.3. The quantitative estimate of drug-likeness (QED) is 0.259. The van der Waals surface area contributed by atoms with Crippen LogP contribution in [-0.2, 0) is 4.79 Å². The molecule has 0 bridgehead atoms. The van der Waals surface area contributed by atoms with Crippen LogP contribution in [-0.4, -0.2) is 44.2 Å². The van der Waals surface area contributed by atoms with Crippen LogP contribution in [0.5, 0.6) is 11.5 Å². The third-order valence-corrected chi connectivity index (χ3v) is 4.09. The lowest BCUT2D eigenvalue weighted by Gasteiger charge is -2.20. The molecule has 0 heterocycles. The number of aliphatic imine (C=N–C) groups is 1. The fourth-order valence-electron chi connectivity index (χ4n) is 2.60. The zero-order valence-corrected chi connectivity index (χ0v) is 19.5. The Kier molecular flexibility index (Phi) is 11.0. The van der Waals surface area contributed by atoms with Crippen LogP contribution in [0.25, 0.3) is 0 Å². The van der Waals surface area contributed by atoms with Gasteiger partial charge in [0.2, 0.25) is 5.91 Å². The van der Waals surface area contributed by atoms with Crippen molar-refractivity contribution < 1.29 is 14.3 Å². The monoisotopic (exact) mass is 504 g/mol. The van der Waals surface area contributed by atoms with E-state index >= 15 is 0 Å². The molecule has 7 nitrogen and oxygen atoms in total. The SMILES string of the molecule is CCNC(=NCC(=O)NC1CC1)NC(C)c1ccc(OCC)c(OCC)c1.I. The van der Waals surface area contributed by atoms with Gasteiger partial charge in [-0.25, -0.2) is 4.99 Å². The summed E-state index contributed by atoms with van der Waals surface area (Å²) in [5.41, 5.74) is 1.05. The number of guanidine groups is 1. The highest BCUT2D eigenvalue weighted by Crippen LogP contribution is 2.30. The molecular formula is C20H33IN4O3. The molecule has 28 heavy (non-hydrogen) atoms. The second kappa shape index (κ2) is 12.7. The van der Waals surface area contributed by atoms with Gasteiger partial charge < -0.3 is 25.4 Å². The molecule has 1 aliphatic rings. The third-order valence-electron chi connectivity index (χ3n) is 4.09. The van der Waals surface area contributed by atoms with Crippen molar-refractivity contribution in [1.29, 1.82) is 0 Å². The van der Waals surface area contributed by atoms with Gasteiger partial charge in [0.05, 0.1) is 19.3 Å².